The van der Waals surface area contributed by atoms with Gasteiger partial charge in [-0.05, 0) is 48.9 Å². The third-order valence-electron chi connectivity index (χ3n) is 3.65. The number of hydrogen-bond donors (Lipinski definition) is 2. The average Bonchev–Trinajstić information content (AvgIpc) is 3.15. The van der Waals surface area contributed by atoms with E-state index in [4.69, 9.17) is 16.1 Å². The largest absolute Gasteiger partial charge is 0.357 e. The van der Waals surface area contributed by atoms with Crippen molar-refractivity contribution in [1.29, 1.82) is 0 Å². The number of nitrogens with zero attached hydrogens (tertiary/aromatic N) is 3. The second-order valence-corrected chi connectivity index (χ2v) is 6.13. The average molecular weight is 388 g/mol. The van der Waals surface area contributed by atoms with Gasteiger partial charge in [0.25, 0.3) is 0 Å². The van der Waals surface area contributed by atoms with Crippen molar-refractivity contribution in [3.05, 3.63) is 70.8 Å². The van der Waals surface area contributed by atoms with E-state index in [1.54, 1.807) is 24.3 Å². The third kappa shape index (κ3) is 5.52. The number of nitrogens with one attached hydrogen (secondary N) is 2. The van der Waals surface area contributed by atoms with E-state index in [1.807, 2.05) is 19.1 Å². The Bertz CT molecular complexity index is 893. The first-order chi connectivity index (χ1) is 13.1. The molecule has 140 valence electrons. The molecule has 3 aromatic rings. The van der Waals surface area contributed by atoms with Crippen LogP contribution >= 0.6 is 11.6 Å². The summed E-state index contributed by atoms with van der Waals surface area (Å²) in [5.74, 6) is 1.28. The first-order valence-corrected chi connectivity index (χ1v) is 8.87. The van der Waals surface area contributed by atoms with Gasteiger partial charge >= 0.3 is 0 Å². The minimum Gasteiger partial charge on any atom is -0.357 e. The maximum Gasteiger partial charge on any atom is 0.246 e. The van der Waals surface area contributed by atoms with Crippen LogP contribution in [0.2, 0.25) is 5.02 Å². The van der Waals surface area contributed by atoms with Gasteiger partial charge in [0.15, 0.2) is 5.96 Å². The van der Waals surface area contributed by atoms with Crippen LogP contribution < -0.4 is 10.6 Å². The van der Waals surface area contributed by atoms with E-state index in [9.17, 15) is 4.39 Å². The smallest absolute Gasteiger partial charge is 0.246 e. The lowest BCUT2D eigenvalue weighted by molar-refractivity contribution is 0.375. The second-order valence-electron chi connectivity index (χ2n) is 5.69. The van der Waals surface area contributed by atoms with Crippen LogP contribution in [-0.4, -0.2) is 22.6 Å². The summed E-state index contributed by atoms with van der Waals surface area (Å²) in [5.41, 5.74) is 1.74. The fourth-order valence-electron chi connectivity index (χ4n) is 2.30. The Morgan fingerprint density at radius 1 is 1.11 bits per heavy atom. The molecular weight excluding hydrogens is 369 g/mol. The van der Waals surface area contributed by atoms with Crippen molar-refractivity contribution < 1.29 is 8.91 Å². The zero-order valence-corrected chi connectivity index (χ0v) is 15.5. The normalized spacial score (nSPS) is 11.4. The van der Waals surface area contributed by atoms with E-state index in [2.05, 4.69) is 25.8 Å². The van der Waals surface area contributed by atoms with Gasteiger partial charge in [-0.25, -0.2) is 9.38 Å². The molecule has 0 amide bonds. The predicted octanol–water partition coefficient (Wildman–Crippen LogP) is 3.78. The van der Waals surface area contributed by atoms with Crippen LogP contribution in [0.4, 0.5) is 4.39 Å². The van der Waals surface area contributed by atoms with Crippen molar-refractivity contribution in [1.82, 2.24) is 20.8 Å². The lowest BCUT2D eigenvalue weighted by Crippen LogP contribution is -2.36. The van der Waals surface area contributed by atoms with Crippen LogP contribution in [0.1, 0.15) is 18.4 Å². The molecule has 0 spiro atoms. The van der Waals surface area contributed by atoms with Crippen molar-refractivity contribution in [3.8, 4) is 11.4 Å². The van der Waals surface area contributed by atoms with Gasteiger partial charge in [-0.15, -0.1) is 0 Å². The molecule has 0 radical (unpaired) electrons. The molecule has 0 bridgehead atoms. The number of hydrogen-bond acceptors (Lipinski definition) is 4. The summed E-state index contributed by atoms with van der Waals surface area (Å²) in [6.45, 7) is 3.43. The fourth-order valence-corrected chi connectivity index (χ4v) is 2.43. The molecule has 0 saturated carbocycles. The molecule has 27 heavy (non-hydrogen) atoms. The molecule has 3 rings (SSSR count). The molecule has 1 aromatic heterocycles. The van der Waals surface area contributed by atoms with Crippen LogP contribution in [0.5, 0.6) is 0 Å². The zero-order chi connectivity index (χ0) is 19.1. The van der Waals surface area contributed by atoms with Gasteiger partial charge in [0.1, 0.15) is 5.82 Å². The monoisotopic (exact) mass is 387 g/mol. The molecule has 2 N–H and O–H groups in total. The Labute approximate surface area is 161 Å². The highest BCUT2D eigenvalue weighted by Gasteiger charge is 2.09. The van der Waals surface area contributed by atoms with Crippen molar-refractivity contribution in [3.63, 3.8) is 0 Å². The van der Waals surface area contributed by atoms with Gasteiger partial charge in [0.05, 0.1) is 13.1 Å². The van der Waals surface area contributed by atoms with Gasteiger partial charge in [0.2, 0.25) is 11.7 Å². The molecule has 1 heterocycles. The minimum absolute atomic E-state index is 0.263. The van der Waals surface area contributed by atoms with Gasteiger partial charge in [-0.3, -0.25) is 0 Å². The fraction of sp³-hybridized carbons (Fsp3) is 0.211. The molecule has 8 heteroatoms. The first-order valence-electron chi connectivity index (χ1n) is 8.49. The highest BCUT2D eigenvalue weighted by molar-refractivity contribution is 6.30. The Kier molecular flexibility index (Phi) is 6.38. The van der Waals surface area contributed by atoms with Gasteiger partial charge in [0, 0.05) is 17.1 Å². The number of halogens is 2. The summed E-state index contributed by atoms with van der Waals surface area (Å²) in [5, 5.41) is 10.9. The Balaban J connectivity index is 1.61. The molecule has 0 atom stereocenters. The Morgan fingerprint density at radius 3 is 2.56 bits per heavy atom. The molecule has 0 fully saturated rings. The van der Waals surface area contributed by atoms with Gasteiger partial charge in [-0.1, -0.05) is 28.9 Å². The molecule has 6 nitrogen and oxygen atoms in total. The second kappa shape index (κ2) is 9.14. The summed E-state index contributed by atoms with van der Waals surface area (Å²) in [6, 6.07) is 13.5. The summed E-state index contributed by atoms with van der Waals surface area (Å²) in [7, 11) is 0. The Morgan fingerprint density at radius 2 is 1.85 bits per heavy atom. The first kappa shape index (κ1) is 18.8. The number of aromatic nitrogens is 2. The summed E-state index contributed by atoms with van der Waals surface area (Å²) >= 11 is 5.89. The van der Waals surface area contributed by atoms with Crippen molar-refractivity contribution in [2.75, 3.05) is 6.54 Å². The topological polar surface area (TPSA) is 75.3 Å². The number of aliphatic imine (C=N–C) groups is 1. The molecule has 0 aliphatic heterocycles. The van der Waals surface area contributed by atoms with Crippen LogP contribution in [0.3, 0.4) is 0 Å². The van der Waals surface area contributed by atoms with Gasteiger partial charge in [-0.2, -0.15) is 4.98 Å². The van der Waals surface area contributed by atoms with Crippen molar-refractivity contribution >= 4 is 17.6 Å². The summed E-state index contributed by atoms with van der Waals surface area (Å²) in [6.07, 6.45) is 0. The minimum atomic E-state index is -0.263. The van der Waals surface area contributed by atoms with Crippen LogP contribution in [0.15, 0.2) is 58.0 Å². The highest BCUT2D eigenvalue weighted by Crippen LogP contribution is 2.18. The SMILES string of the molecule is CCNC(=NCc1ccc(F)cc1)NCc1nc(-c2ccc(Cl)cc2)no1. The standard InChI is InChI=1S/C19H19ClFN5O/c1-2-22-19(23-11-13-3-9-16(21)10-4-13)24-12-17-25-18(26-27-17)14-5-7-15(20)8-6-14/h3-10H,2,11-12H2,1H3,(H2,22,23,24). The van der Waals surface area contributed by atoms with E-state index in [1.165, 1.54) is 12.1 Å². The van der Waals surface area contributed by atoms with Crippen molar-refractivity contribution in [2.45, 2.75) is 20.0 Å². The van der Waals surface area contributed by atoms with Crippen molar-refractivity contribution in [2.24, 2.45) is 4.99 Å². The third-order valence-corrected chi connectivity index (χ3v) is 3.91. The van der Waals surface area contributed by atoms with Gasteiger partial charge < -0.3 is 15.2 Å². The number of benzene rings is 2. The molecule has 0 unspecified atom stereocenters. The predicted molar refractivity (Wildman–Crippen MR) is 103 cm³/mol. The molecule has 0 aliphatic rings. The highest BCUT2D eigenvalue weighted by atomic mass is 35.5. The van der Waals surface area contributed by atoms with E-state index in [-0.39, 0.29) is 5.82 Å². The van der Waals surface area contributed by atoms with E-state index >= 15 is 0 Å². The molecular formula is C19H19ClFN5O. The molecule has 0 saturated heterocycles. The number of guanidine groups is 1. The summed E-state index contributed by atoms with van der Waals surface area (Å²) < 4.78 is 18.2. The molecule has 2 aromatic carbocycles. The van der Waals surface area contributed by atoms with E-state index in [0.717, 1.165) is 11.1 Å². The number of rotatable bonds is 6. The van der Waals surface area contributed by atoms with Crippen LogP contribution in [0, 0.1) is 5.82 Å². The summed E-state index contributed by atoms with van der Waals surface area (Å²) in [4.78, 5) is 8.83. The Hall–Kier alpha value is -2.93. The van der Waals surface area contributed by atoms with Crippen LogP contribution in [0.25, 0.3) is 11.4 Å². The van der Waals surface area contributed by atoms with E-state index in [0.29, 0.717) is 42.3 Å². The van der Waals surface area contributed by atoms with E-state index < -0.39 is 0 Å². The lowest BCUT2D eigenvalue weighted by Gasteiger charge is -2.09. The maximum atomic E-state index is 13.0. The quantitative estimate of drug-likeness (QED) is 0.497. The zero-order valence-electron chi connectivity index (χ0n) is 14.7. The maximum absolute atomic E-state index is 13.0. The molecule has 0 aliphatic carbocycles. The van der Waals surface area contributed by atoms with Crippen LogP contribution in [-0.2, 0) is 13.1 Å². The lowest BCUT2D eigenvalue weighted by atomic mass is 10.2.